The van der Waals surface area contributed by atoms with Gasteiger partial charge in [-0.15, -0.1) is 11.8 Å². The summed E-state index contributed by atoms with van der Waals surface area (Å²) in [5.41, 5.74) is 0.992. The summed E-state index contributed by atoms with van der Waals surface area (Å²) >= 11 is 1.49. The number of carbonyl (C=O) groups excluding carboxylic acids is 1. The van der Waals surface area contributed by atoms with Crippen molar-refractivity contribution >= 4 is 17.7 Å². The van der Waals surface area contributed by atoms with E-state index < -0.39 is 0 Å². The molecule has 1 aliphatic heterocycles. The fourth-order valence-electron chi connectivity index (χ4n) is 2.03. The van der Waals surface area contributed by atoms with Crippen LogP contribution in [0.1, 0.15) is 5.56 Å². The summed E-state index contributed by atoms with van der Waals surface area (Å²) in [4.78, 5) is 16.9. The van der Waals surface area contributed by atoms with Crippen LogP contribution in [-0.4, -0.2) is 29.9 Å². The van der Waals surface area contributed by atoms with E-state index in [0.29, 0.717) is 25.5 Å². The second-order valence-corrected chi connectivity index (χ2v) is 5.78. The van der Waals surface area contributed by atoms with Gasteiger partial charge in [0.1, 0.15) is 13.2 Å². The monoisotopic (exact) mass is 316 g/mol. The maximum absolute atomic E-state index is 11.9. The number of pyridine rings is 1. The number of thioether (sulfide) groups is 1. The third-order valence-corrected chi connectivity index (χ3v) is 4.13. The molecule has 0 fully saturated rings. The Morgan fingerprint density at radius 3 is 2.73 bits per heavy atom. The second-order valence-electron chi connectivity index (χ2n) is 4.73. The fourth-order valence-corrected chi connectivity index (χ4v) is 2.75. The lowest BCUT2D eigenvalue weighted by Crippen LogP contribution is -2.24. The average Bonchev–Trinajstić information content (AvgIpc) is 2.59. The molecular weight excluding hydrogens is 300 g/mol. The van der Waals surface area contributed by atoms with Crippen LogP contribution in [-0.2, 0) is 11.3 Å². The van der Waals surface area contributed by atoms with Crippen LogP contribution in [0.3, 0.4) is 0 Å². The van der Waals surface area contributed by atoms with Crippen molar-refractivity contribution in [2.24, 2.45) is 0 Å². The van der Waals surface area contributed by atoms with E-state index in [1.54, 1.807) is 12.4 Å². The lowest BCUT2D eigenvalue weighted by atomic mass is 10.2. The highest BCUT2D eigenvalue weighted by Crippen LogP contribution is 2.30. The van der Waals surface area contributed by atoms with Gasteiger partial charge in [0.15, 0.2) is 11.5 Å². The minimum Gasteiger partial charge on any atom is -0.486 e. The van der Waals surface area contributed by atoms with Gasteiger partial charge in [0.25, 0.3) is 0 Å². The van der Waals surface area contributed by atoms with E-state index in [1.807, 2.05) is 30.3 Å². The van der Waals surface area contributed by atoms with E-state index in [0.717, 1.165) is 22.0 Å². The molecule has 0 radical (unpaired) electrons. The summed E-state index contributed by atoms with van der Waals surface area (Å²) in [7, 11) is 0. The van der Waals surface area contributed by atoms with E-state index in [-0.39, 0.29) is 5.91 Å². The Morgan fingerprint density at radius 1 is 1.14 bits per heavy atom. The quantitative estimate of drug-likeness (QED) is 0.858. The highest BCUT2D eigenvalue weighted by atomic mass is 32.2. The van der Waals surface area contributed by atoms with E-state index in [1.165, 1.54) is 11.8 Å². The van der Waals surface area contributed by atoms with Gasteiger partial charge in [0.05, 0.1) is 5.75 Å². The number of carbonyl (C=O) groups is 1. The first-order valence-electron chi connectivity index (χ1n) is 6.99. The zero-order valence-corrected chi connectivity index (χ0v) is 12.8. The molecule has 5 nitrogen and oxygen atoms in total. The molecule has 0 aliphatic carbocycles. The maximum Gasteiger partial charge on any atom is 0.230 e. The minimum atomic E-state index is -0.00305. The Morgan fingerprint density at radius 2 is 1.91 bits per heavy atom. The summed E-state index contributed by atoms with van der Waals surface area (Å²) in [6.07, 6.45) is 3.44. The molecule has 3 rings (SSSR count). The van der Waals surface area contributed by atoms with Crippen LogP contribution >= 0.6 is 11.8 Å². The van der Waals surface area contributed by atoms with Gasteiger partial charge in [-0.1, -0.05) is 6.07 Å². The molecule has 0 atom stereocenters. The van der Waals surface area contributed by atoms with Crippen LogP contribution in [0, 0.1) is 0 Å². The van der Waals surface area contributed by atoms with Crippen LogP contribution in [0.4, 0.5) is 0 Å². The molecule has 1 N–H and O–H groups in total. The highest BCUT2D eigenvalue weighted by Gasteiger charge is 2.12. The predicted octanol–water partition coefficient (Wildman–Crippen LogP) is 2.26. The zero-order valence-electron chi connectivity index (χ0n) is 12.0. The smallest absolute Gasteiger partial charge is 0.230 e. The first kappa shape index (κ1) is 14.7. The first-order valence-corrected chi connectivity index (χ1v) is 7.98. The topological polar surface area (TPSA) is 60.5 Å². The molecule has 1 aromatic heterocycles. The molecular formula is C16H16N2O3S. The standard InChI is InChI=1S/C16H16N2O3S/c19-16(11-22-13-3-5-17-6-4-13)18-10-12-1-2-14-15(9-12)21-8-7-20-14/h1-6,9H,7-8,10-11H2,(H,18,19). The van der Waals surface area contributed by atoms with Crippen molar-refractivity contribution in [1.29, 1.82) is 0 Å². The normalized spacial score (nSPS) is 12.7. The number of nitrogens with zero attached hydrogens (tertiary/aromatic N) is 1. The molecule has 2 aromatic rings. The first-order chi connectivity index (χ1) is 10.8. The zero-order chi connectivity index (χ0) is 15.2. The van der Waals surface area contributed by atoms with Gasteiger partial charge in [-0.2, -0.15) is 0 Å². The highest BCUT2D eigenvalue weighted by molar-refractivity contribution is 8.00. The summed E-state index contributed by atoms with van der Waals surface area (Å²) in [5, 5.41) is 2.90. The molecule has 0 saturated carbocycles. The Hall–Kier alpha value is -2.21. The molecule has 1 aliphatic rings. The summed E-state index contributed by atoms with van der Waals surface area (Å²) in [5.74, 6) is 1.88. The number of rotatable bonds is 5. The molecule has 1 aromatic carbocycles. The fraction of sp³-hybridized carbons (Fsp3) is 0.250. The lowest BCUT2D eigenvalue weighted by Gasteiger charge is -2.18. The number of fused-ring (bicyclic) bond motifs is 1. The summed E-state index contributed by atoms with van der Waals surface area (Å²) < 4.78 is 11.0. The Labute approximate surface area is 133 Å². The van der Waals surface area contributed by atoms with Crippen LogP contribution in [0.5, 0.6) is 11.5 Å². The van der Waals surface area contributed by atoms with Crippen LogP contribution < -0.4 is 14.8 Å². The van der Waals surface area contributed by atoms with E-state index >= 15 is 0 Å². The average molecular weight is 316 g/mol. The number of ether oxygens (including phenoxy) is 2. The van der Waals surface area contributed by atoms with Gasteiger partial charge in [-0.05, 0) is 29.8 Å². The Kier molecular flexibility index (Phi) is 4.80. The molecule has 0 spiro atoms. The third-order valence-electron chi connectivity index (χ3n) is 3.12. The SMILES string of the molecule is O=C(CSc1ccncc1)NCc1ccc2c(c1)OCCO2. The van der Waals surface area contributed by atoms with Crippen molar-refractivity contribution in [3.63, 3.8) is 0 Å². The predicted molar refractivity (Wildman–Crippen MR) is 84.2 cm³/mol. The van der Waals surface area contributed by atoms with Gasteiger partial charge in [0.2, 0.25) is 5.91 Å². The largest absolute Gasteiger partial charge is 0.486 e. The van der Waals surface area contributed by atoms with Crippen molar-refractivity contribution < 1.29 is 14.3 Å². The lowest BCUT2D eigenvalue weighted by molar-refractivity contribution is -0.118. The number of hydrogen-bond donors (Lipinski definition) is 1. The van der Waals surface area contributed by atoms with Crippen molar-refractivity contribution in [3.05, 3.63) is 48.3 Å². The minimum absolute atomic E-state index is 0.00305. The van der Waals surface area contributed by atoms with Crippen molar-refractivity contribution in [3.8, 4) is 11.5 Å². The van der Waals surface area contributed by atoms with Crippen LogP contribution in [0.15, 0.2) is 47.6 Å². The van der Waals surface area contributed by atoms with Gasteiger partial charge >= 0.3 is 0 Å². The number of benzene rings is 1. The van der Waals surface area contributed by atoms with Crippen LogP contribution in [0.2, 0.25) is 0 Å². The van der Waals surface area contributed by atoms with E-state index in [4.69, 9.17) is 9.47 Å². The number of hydrogen-bond acceptors (Lipinski definition) is 5. The van der Waals surface area contributed by atoms with E-state index in [2.05, 4.69) is 10.3 Å². The third kappa shape index (κ3) is 3.92. The molecule has 6 heteroatoms. The summed E-state index contributed by atoms with van der Waals surface area (Å²) in [6.45, 7) is 1.62. The summed E-state index contributed by atoms with van der Waals surface area (Å²) in [6, 6.07) is 9.49. The van der Waals surface area contributed by atoms with Gasteiger partial charge < -0.3 is 14.8 Å². The van der Waals surface area contributed by atoms with Crippen molar-refractivity contribution in [1.82, 2.24) is 10.3 Å². The second kappa shape index (κ2) is 7.17. The number of nitrogens with one attached hydrogen (secondary N) is 1. The molecule has 0 unspecified atom stereocenters. The maximum atomic E-state index is 11.9. The van der Waals surface area contributed by atoms with Gasteiger partial charge in [-0.3, -0.25) is 9.78 Å². The molecule has 2 heterocycles. The van der Waals surface area contributed by atoms with Gasteiger partial charge in [-0.25, -0.2) is 0 Å². The van der Waals surface area contributed by atoms with E-state index in [9.17, 15) is 4.79 Å². The molecule has 22 heavy (non-hydrogen) atoms. The Bertz CT molecular complexity index is 649. The molecule has 0 saturated heterocycles. The van der Waals surface area contributed by atoms with Crippen molar-refractivity contribution in [2.45, 2.75) is 11.4 Å². The van der Waals surface area contributed by atoms with Gasteiger partial charge in [0, 0.05) is 23.8 Å². The molecule has 114 valence electrons. The molecule has 0 bridgehead atoms. The van der Waals surface area contributed by atoms with Crippen molar-refractivity contribution in [2.75, 3.05) is 19.0 Å². The van der Waals surface area contributed by atoms with Crippen LogP contribution in [0.25, 0.3) is 0 Å². The number of amides is 1. The number of aromatic nitrogens is 1. The molecule has 1 amide bonds. The Balaban J connectivity index is 1.48.